The van der Waals surface area contributed by atoms with Gasteiger partial charge in [0.15, 0.2) is 6.10 Å². The first-order chi connectivity index (χ1) is 16.4. The zero-order valence-corrected chi connectivity index (χ0v) is 18.8. The second kappa shape index (κ2) is 9.91. The third-order valence-electron chi connectivity index (χ3n) is 5.55. The molecular formula is C26H24F2N2O4. The van der Waals surface area contributed by atoms with Crippen LogP contribution in [0.5, 0.6) is 11.5 Å². The van der Waals surface area contributed by atoms with Gasteiger partial charge in [0.1, 0.15) is 23.1 Å². The van der Waals surface area contributed by atoms with Crippen LogP contribution in [-0.2, 0) is 17.9 Å². The van der Waals surface area contributed by atoms with Crippen LogP contribution in [0.2, 0.25) is 0 Å². The van der Waals surface area contributed by atoms with E-state index >= 15 is 0 Å². The summed E-state index contributed by atoms with van der Waals surface area (Å²) in [4.78, 5) is 27.4. The van der Waals surface area contributed by atoms with E-state index in [1.165, 1.54) is 24.1 Å². The third-order valence-corrected chi connectivity index (χ3v) is 5.55. The molecule has 1 heterocycles. The summed E-state index contributed by atoms with van der Waals surface area (Å²) in [5.74, 6) is -1.07. The molecule has 0 bridgehead atoms. The molecule has 34 heavy (non-hydrogen) atoms. The predicted molar refractivity (Wildman–Crippen MR) is 123 cm³/mol. The Labute approximate surface area is 196 Å². The number of rotatable bonds is 6. The minimum atomic E-state index is -0.728. The first-order valence-corrected chi connectivity index (χ1v) is 10.9. The summed E-state index contributed by atoms with van der Waals surface area (Å²) in [5, 5.41) is 2.84. The molecule has 4 rings (SSSR count). The van der Waals surface area contributed by atoms with Crippen molar-refractivity contribution in [2.75, 3.05) is 12.4 Å². The van der Waals surface area contributed by atoms with Gasteiger partial charge in [0.2, 0.25) is 0 Å². The Balaban J connectivity index is 1.61. The van der Waals surface area contributed by atoms with Crippen molar-refractivity contribution in [2.45, 2.75) is 32.5 Å². The van der Waals surface area contributed by atoms with Crippen molar-refractivity contribution in [1.29, 1.82) is 0 Å². The van der Waals surface area contributed by atoms with Crippen molar-refractivity contribution in [1.82, 2.24) is 4.90 Å². The fourth-order valence-electron chi connectivity index (χ4n) is 3.93. The maximum Gasteiger partial charge on any atom is 0.264 e. The van der Waals surface area contributed by atoms with Gasteiger partial charge in [-0.1, -0.05) is 19.1 Å². The number of methoxy groups -OCH3 is 1. The maximum absolute atomic E-state index is 13.7. The van der Waals surface area contributed by atoms with E-state index < -0.39 is 17.7 Å². The minimum absolute atomic E-state index is 0.0185. The Morgan fingerprint density at radius 1 is 1.12 bits per heavy atom. The maximum atomic E-state index is 13.7. The van der Waals surface area contributed by atoms with Gasteiger partial charge in [0, 0.05) is 30.4 Å². The van der Waals surface area contributed by atoms with Crippen LogP contribution in [-0.4, -0.2) is 29.9 Å². The van der Waals surface area contributed by atoms with Gasteiger partial charge in [-0.05, 0) is 54.4 Å². The number of benzene rings is 3. The summed E-state index contributed by atoms with van der Waals surface area (Å²) >= 11 is 0. The Morgan fingerprint density at radius 2 is 1.85 bits per heavy atom. The Morgan fingerprint density at radius 3 is 2.56 bits per heavy atom. The quantitative estimate of drug-likeness (QED) is 0.560. The Bertz CT molecular complexity index is 1210. The molecule has 0 aliphatic carbocycles. The van der Waals surface area contributed by atoms with E-state index in [2.05, 4.69) is 5.32 Å². The number of nitrogens with zero attached hydrogens (tertiary/aromatic N) is 1. The minimum Gasteiger partial charge on any atom is -0.496 e. The van der Waals surface area contributed by atoms with E-state index in [-0.39, 0.29) is 24.9 Å². The highest BCUT2D eigenvalue weighted by molar-refractivity contribution is 6.06. The normalized spacial score (nSPS) is 15.2. The van der Waals surface area contributed by atoms with Crippen LogP contribution in [0, 0.1) is 11.6 Å². The van der Waals surface area contributed by atoms with Crippen LogP contribution in [0.15, 0.2) is 60.7 Å². The number of nitrogens with one attached hydrogen (secondary N) is 1. The molecule has 176 valence electrons. The largest absolute Gasteiger partial charge is 0.496 e. The highest BCUT2D eigenvalue weighted by atomic mass is 19.1. The van der Waals surface area contributed by atoms with Gasteiger partial charge < -0.3 is 19.7 Å². The van der Waals surface area contributed by atoms with E-state index in [4.69, 9.17) is 9.47 Å². The van der Waals surface area contributed by atoms with Gasteiger partial charge in [-0.3, -0.25) is 9.59 Å². The zero-order chi connectivity index (χ0) is 24.2. The average Bonchev–Trinajstić information content (AvgIpc) is 2.94. The molecule has 0 saturated carbocycles. The van der Waals surface area contributed by atoms with Crippen LogP contribution in [0.1, 0.15) is 34.8 Å². The van der Waals surface area contributed by atoms with Gasteiger partial charge in [0.25, 0.3) is 11.8 Å². The second-order valence-electron chi connectivity index (χ2n) is 7.96. The molecule has 1 unspecified atom stereocenters. The molecule has 0 radical (unpaired) electrons. The number of para-hydroxylation sites is 1. The molecule has 2 amide bonds. The van der Waals surface area contributed by atoms with E-state index in [1.54, 1.807) is 42.5 Å². The van der Waals surface area contributed by atoms with Crippen molar-refractivity contribution < 1.29 is 27.8 Å². The van der Waals surface area contributed by atoms with Gasteiger partial charge in [0.05, 0.1) is 12.7 Å². The molecule has 0 saturated heterocycles. The van der Waals surface area contributed by atoms with Crippen LogP contribution < -0.4 is 14.8 Å². The molecular weight excluding hydrogens is 442 g/mol. The number of halogens is 2. The fourth-order valence-corrected chi connectivity index (χ4v) is 3.93. The van der Waals surface area contributed by atoms with Crippen molar-refractivity contribution in [2.24, 2.45) is 0 Å². The highest BCUT2D eigenvalue weighted by Crippen LogP contribution is 2.31. The Hall–Kier alpha value is -3.94. The van der Waals surface area contributed by atoms with Crippen molar-refractivity contribution in [3.63, 3.8) is 0 Å². The summed E-state index contributed by atoms with van der Waals surface area (Å²) in [7, 11) is 1.49. The standard InChI is InChI=1S/C26H24F2N2O4/c1-3-22-26(32)30(14-16-10-18(27)13-19(28)11-16)15-17-12-20(8-9-23(17)34-22)29-25(31)21-6-4-5-7-24(21)33-2/h4-13,22H,3,14-15H2,1-2H3,(H,29,31). The van der Waals surface area contributed by atoms with E-state index in [1.807, 2.05) is 6.92 Å². The molecule has 0 spiro atoms. The van der Waals surface area contributed by atoms with E-state index in [0.717, 1.165) is 6.07 Å². The zero-order valence-electron chi connectivity index (χ0n) is 18.8. The fraction of sp³-hybridized carbons (Fsp3) is 0.231. The number of carbonyl (C=O) groups excluding carboxylic acids is 2. The summed E-state index contributed by atoms with van der Waals surface area (Å²) in [6.45, 7) is 2.00. The molecule has 8 heteroatoms. The lowest BCUT2D eigenvalue weighted by atomic mass is 10.1. The van der Waals surface area contributed by atoms with Crippen LogP contribution in [0.4, 0.5) is 14.5 Å². The van der Waals surface area contributed by atoms with Gasteiger partial charge in [-0.2, -0.15) is 0 Å². The van der Waals surface area contributed by atoms with Gasteiger partial charge in [-0.25, -0.2) is 8.78 Å². The van der Waals surface area contributed by atoms with Crippen molar-refractivity contribution in [3.8, 4) is 11.5 Å². The highest BCUT2D eigenvalue weighted by Gasteiger charge is 2.30. The summed E-state index contributed by atoms with van der Waals surface area (Å²) in [5.41, 5.74) is 1.90. The molecule has 1 aliphatic heterocycles. The molecule has 1 atom stereocenters. The Kier molecular flexibility index (Phi) is 6.77. The lowest BCUT2D eigenvalue weighted by molar-refractivity contribution is -0.139. The molecule has 0 aromatic heterocycles. The summed E-state index contributed by atoms with van der Waals surface area (Å²) in [6, 6.07) is 15.2. The van der Waals surface area contributed by atoms with Gasteiger partial charge in [-0.15, -0.1) is 0 Å². The first kappa shape index (κ1) is 23.2. The number of anilines is 1. The second-order valence-corrected chi connectivity index (χ2v) is 7.96. The third kappa shape index (κ3) is 5.01. The molecule has 1 aliphatic rings. The summed E-state index contributed by atoms with van der Waals surface area (Å²) < 4.78 is 38.6. The van der Waals surface area contributed by atoms with Crippen LogP contribution in [0.25, 0.3) is 0 Å². The van der Waals surface area contributed by atoms with Crippen molar-refractivity contribution in [3.05, 3.63) is 89.0 Å². The van der Waals surface area contributed by atoms with Crippen molar-refractivity contribution >= 4 is 17.5 Å². The average molecular weight is 466 g/mol. The van der Waals surface area contributed by atoms with Crippen LogP contribution in [0.3, 0.4) is 0 Å². The molecule has 3 aromatic rings. The smallest absolute Gasteiger partial charge is 0.264 e. The number of amides is 2. The number of hydrogen-bond donors (Lipinski definition) is 1. The lowest BCUT2D eigenvalue weighted by Crippen LogP contribution is -2.38. The lowest BCUT2D eigenvalue weighted by Gasteiger charge is -2.23. The predicted octanol–water partition coefficient (Wildman–Crippen LogP) is 4.93. The SMILES string of the molecule is CCC1Oc2ccc(NC(=O)c3ccccc3OC)cc2CN(Cc2cc(F)cc(F)c2)C1=O. The molecule has 3 aromatic carbocycles. The molecule has 1 N–H and O–H groups in total. The van der Waals surface area contributed by atoms with E-state index in [0.29, 0.717) is 40.3 Å². The number of carbonyl (C=O) groups is 2. The van der Waals surface area contributed by atoms with Gasteiger partial charge >= 0.3 is 0 Å². The number of fused-ring (bicyclic) bond motifs is 1. The summed E-state index contributed by atoms with van der Waals surface area (Å²) in [6.07, 6.45) is -0.299. The van der Waals surface area contributed by atoms with E-state index in [9.17, 15) is 18.4 Å². The number of hydrogen-bond acceptors (Lipinski definition) is 4. The monoisotopic (exact) mass is 466 g/mol. The number of ether oxygens (including phenoxy) is 2. The molecule has 6 nitrogen and oxygen atoms in total. The molecule has 0 fully saturated rings. The van der Waals surface area contributed by atoms with Crippen LogP contribution >= 0.6 is 0 Å². The first-order valence-electron chi connectivity index (χ1n) is 10.9. The topological polar surface area (TPSA) is 67.9 Å².